The van der Waals surface area contributed by atoms with Crippen molar-refractivity contribution in [1.82, 2.24) is 9.55 Å². The smallest absolute Gasteiger partial charge is 0.159 e. The highest BCUT2D eigenvalue weighted by Gasteiger charge is 2.37. The van der Waals surface area contributed by atoms with Gasteiger partial charge in [0.2, 0.25) is 0 Å². The van der Waals surface area contributed by atoms with Crippen LogP contribution in [0.15, 0.2) is 126 Å². The Bertz CT molecular complexity index is 2340. The molecule has 194 valence electrons. The fraction of sp³-hybridized carbons (Fsp3) is 0.0789. The lowest BCUT2D eigenvalue weighted by molar-refractivity contribution is 0.661. The molecule has 0 N–H and O–H groups in total. The van der Waals surface area contributed by atoms with Gasteiger partial charge in [-0.3, -0.25) is 4.98 Å². The molecule has 0 fully saturated rings. The van der Waals surface area contributed by atoms with E-state index in [9.17, 15) is 0 Å². The van der Waals surface area contributed by atoms with Gasteiger partial charge in [-0.05, 0) is 75.8 Å². The second-order valence-corrected chi connectivity index (χ2v) is 11.6. The summed E-state index contributed by atoms with van der Waals surface area (Å²) in [6.07, 6.45) is 1.90. The standard InChI is InChI=1S/C38H26N2O/c1-38(2)30-20-24(23-10-4-3-5-11-23)17-18-25(30)28-22-34-29(21-31(28)38)36-32(15-9-19-39-36)40(34)33-14-8-13-27-26-12-6-7-16-35(26)41-37(27)33/h3-22H,1-2H3. The molecular formula is C38H26N2O. The van der Waals surface area contributed by atoms with Crippen molar-refractivity contribution in [2.45, 2.75) is 19.3 Å². The topological polar surface area (TPSA) is 31.0 Å². The Morgan fingerprint density at radius 2 is 1.41 bits per heavy atom. The molecule has 5 aromatic carbocycles. The van der Waals surface area contributed by atoms with Gasteiger partial charge in [-0.15, -0.1) is 0 Å². The Labute approximate surface area is 237 Å². The summed E-state index contributed by atoms with van der Waals surface area (Å²) in [5, 5.41) is 3.42. The van der Waals surface area contributed by atoms with Crippen molar-refractivity contribution in [3.63, 3.8) is 0 Å². The molecule has 1 aliphatic carbocycles. The van der Waals surface area contributed by atoms with Crippen molar-refractivity contribution in [1.29, 1.82) is 0 Å². The van der Waals surface area contributed by atoms with Crippen LogP contribution < -0.4 is 0 Å². The maximum Gasteiger partial charge on any atom is 0.159 e. The Hall–Kier alpha value is -5.15. The highest BCUT2D eigenvalue weighted by molar-refractivity contribution is 6.12. The van der Waals surface area contributed by atoms with Gasteiger partial charge in [0, 0.05) is 27.8 Å². The first-order chi connectivity index (χ1) is 20.1. The molecule has 0 saturated heterocycles. The number of benzene rings is 5. The zero-order chi connectivity index (χ0) is 27.3. The quantitative estimate of drug-likeness (QED) is 0.224. The van der Waals surface area contributed by atoms with Crippen molar-refractivity contribution in [3.8, 4) is 27.9 Å². The third-order valence-corrected chi connectivity index (χ3v) is 9.05. The summed E-state index contributed by atoms with van der Waals surface area (Å²) in [7, 11) is 0. The lowest BCUT2D eigenvalue weighted by atomic mass is 9.81. The number of para-hydroxylation sites is 2. The number of fused-ring (bicyclic) bond motifs is 9. The van der Waals surface area contributed by atoms with Crippen LogP contribution in [-0.2, 0) is 5.41 Å². The third kappa shape index (κ3) is 3.01. The fourth-order valence-electron chi connectivity index (χ4n) is 7.04. The molecule has 8 aromatic rings. The molecule has 3 heterocycles. The van der Waals surface area contributed by atoms with E-state index in [-0.39, 0.29) is 5.41 Å². The number of aromatic nitrogens is 2. The van der Waals surface area contributed by atoms with Gasteiger partial charge in [0.05, 0.1) is 22.2 Å². The molecule has 3 aromatic heterocycles. The first kappa shape index (κ1) is 22.6. The Balaban J connectivity index is 1.35. The van der Waals surface area contributed by atoms with Crippen LogP contribution in [0.3, 0.4) is 0 Å². The van der Waals surface area contributed by atoms with Crippen LogP contribution >= 0.6 is 0 Å². The molecule has 0 atom stereocenters. The number of hydrogen-bond acceptors (Lipinski definition) is 2. The van der Waals surface area contributed by atoms with Gasteiger partial charge in [-0.1, -0.05) is 86.6 Å². The molecule has 0 bridgehead atoms. The summed E-state index contributed by atoms with van der Waals surface area (Å²) in [5.41, 5.74) is 13.7. The van der Waals surface area contributed by atoms with Gasteiger partial charge >= 0.3 is 0 Å². The summed E-state index contributed by atoms with van der Waals surface area (Å²) < 4.78 is 8.84. The highest BCUT2D eigenvalue weighted by atomic mass is 16.3. The molecule has 41 heavy (non-hydrogen) atoms. The van der Waals surface area contributed by atoms with Gasteiger partial charge in [-0.25, -0.2) is 0 Å². The van der Waals surface area contributed by atoms with E-state index in [0.29, 0.717) is 0 Å². The normalized spacial score (nSPS) is 13.8. The molecule has 0 amide bonds. The van der Waals surface area contributed by atoms with E-state index in [1.807, 2.05) is 24.4 Å². The van der Waals surface area contributed by atoms with E-state index in [1.54, 1.807) is 0 Å². The summed E-state index contributed by atoms with van der Waals surface area (Å²) >= 11 is 0. The summed E-state index contributed by atoms with van der Waals surface area (Å²) in [6, 6.07) is 41.3. The zero-order valence-electron chi connectivity index (χ0n) is 22.8. The largest absolute Gasteiger partial charge is 0.454 e. The van der Waals surface area contributed by atoms with Gasteiger partial charge in [0.15, 0.2) is 5.58 Å². The number of furan rings is 1. The molecule has 3 nitrogen and oxygen atoms in total. The SMILES string of the molecule is CC1(C)c2cc(-c3ccccc3)ccc2-c2cc3c(cc21)c1ncccc1n3-c1cccc2c1oc1ccccc12. The Morgan fingerprint density at radius 3 is 2.32 bits per heavy atom. The molecule has 0 spiro atoms. The molecule has 0 radical (unpaired) electrons. The van der Waals surface area contributed by atoms with E-state index in [4.69, 9.17) is 9.40 Å². The average Bonchev–Trinajstić information content (AvgIpc) is 3.62. The molecule has 0 unspecified atom stereocenters. The van der Waals surface area contributed by atoms with Gasteiger partial charge in [-0.2, -0.15) is 0 Å². The number of rotatable bonds is 2. The first-order valence-electron chi connectivity index (χ1n) is 14.1. The summed E-state index contributed by atoms with van der Waals surface area (Å²) in [4.78, 5) is 4.90. The molecule has 3 heteroatoms. The van der Waals surface area contributed by atoms with Crippen LogP contribution in [0.1, 0.15) is 25.0 Å². The van der Waals surface area contributed by atoms with Gasteiger partial charge in [0.25, 0.3) is 0 Å². The summed E-state index contributed by atoms with van der Waals surface area (Å²) in [5.74, 6) is 0. The monoisotopic (exact) mass is 526 g/mol. The Kier molecular flexibility index (Phi) is 4.39. The van der Waals surface area contributed by atoms with Gasteiger partial charge in [0.1, 0.15) is 5.58 Å². The summed E-state index contributed by atoms with van der Waals surface area (Å²) in [6.45, 7) is 4.69. The predicted molar refractivity (Wildman–Crippen MR) is 169 cm³/mol. The molecule has 1 aliphatic rings. The third-order valence-electron chi connectivity index (χ3n) is 9.05. The maximum absolute atomic E-state index is 6.50. The van der Waals surface area contributed by atoms with Crippen molar-refractivity contribution in [2.24, 2.45) is 0 Å². The lowest BCUT2D eigenvalue weighted by Gasteiger charge is -2.22. The number of nitrogens with zero attached hydrogens (tertiary/aromatic N) is 2. The molecular weight excluding hydrogens is 500 g/mol. The van der Waals surface area contributed by atoms with E-state index >= 15 is 0 Å². The Morgan fingerprint density at radius 1 is 0.610 bits per heavy atom. The maximum atomic E-state index is 6.50. The van der Waals surface area contributed by atoms with Crippen LogP contribution in [0.5, 0.6) is 0 Å². The van der Waals surface area contributed by atoms with E-state index in [0.717, 1.165) is 49.6 Å². The highest BCUT2D eigenvalue weighted by Crippen LogP contribution is 2.52. The lowest BCUT2D eigenvalue weighted by Crippen LogP contribution is -2.15. The molecule has 9 rings (SSSR count). The fourth-order valence-corrected chi connectivity index (χ4v) is 7.04. The van der Waals surface area contributed by atoms with Crippen molar-refractivity contribution >= 4 is 43.9 Å². The molecule has 0 aliphatic heterocycles. The van der Waals surface area contributed by atoms with E-state index < -0.39 is 0 Å². The van der Waals surface area contributed by atoms with Crippen LogP contribution in [-0.4, -0.2) is 9.55 Å². The van der Waals surface area contributed by atoms with Crippen LogP contribution in [0.4, 0.5) is 0 Å². The zero-order valence-corrected chi connectivity index (χ0v) is 22.8. The average molecular weight is 527 g/mol. The van der Waals surface area contributed by atoms with Crippen LogP contribution in [0, 0.1) is 0 Å². The van der Waals surface area contributed by atoms with Crippen molar-refractivity contribution in [2.75, 3.05) is 0 Å². The predicted octanol–water partition coefficient (Wildman–Crippen LogP) is 10.1. The first-order valence-corrected chi connectivity index (χ1v) is 14.1. The van der Waals surface area contributed by atoms with Crippen LogP contribution in [0.25, 0.3) is 71.8 Å². The second kappa shape index (κ2) is 7.96. The molecule has 0 saturated carbocycles. The minimum absolute atomic E-state index is 0.133. The second-order valence-electron chi connectivity index (χ2n) is 11.6. The van der Waals surface area contributed by atoms with Crippen LogP contribution in [0.2, 0.25) is 0 Å². The van der Waals surface area contributed by atoms with Crippen molar-refractivity contribution < 1.29 is 4.42 Å². The minimum Gasteiger partial charge on any atom is -0.454 e. The number of pyridine rings is 1. The number of hydrogen-bond donors (Lipinski definition) is 0. The van der Waals surface area contributed by atoms with Gasteiger partial charge < -0.3 is 8.98 Å². The van der Waals surface area contributed by atoms with E-state index in [1.165, 1.54) is 33.4 Å². The minimum atomic E-state index is -0.133. The van der Waals surface area contributed by atoms with Crippen molar-refractivity contribution in [3.05, 3.63) is 133 Å². The van der Waals surface area contributed by atoms with E-state index in [2.05, 4.69) is 115 Å².